The van der Waals surface area contributed by atoms with Crippen LogP contribution in [-0.4, -0.2) is 45.5 Å². The molecule has 2 fully saturated rings. The fourth-order valence-electron chi connectivity index (χ4n) is 4.56. The van der Waals surface area contributed by atoms with Gasteiger partial charge < -0.3 is 19.4 Å². The number of imidazole rings is 1. The molecular weight excluding hydrogens is 391 g/mol. The molecule has 1 N–H and O–H groups in total. The number of nitrogens with one attached hydrogen (secondary N) is 1. The first-order chi connectivity index (χ1) is 12.6. The van der Waals surface area contributed by atoms with Gasteiger partial charge in [-0.2, -0.15) is 0 Å². The predicted octanol–water partition coefficient (Wildman–Crippen LogP) is 3.20. The van der Waals surface area contributed by atoms with Gasteiger partial charge in [0, 0.05) is 7.05 Å². The number of rotatable bonds is 2. The van der Waals surface area contributed by atoms with Gasteiger partial charge in [0.2, 0.25) is 5.91 Å². The molecule has 1 saturated carbocycles. The molecule has 0 aromatic carbocycles. The molecule has 27 heavy (non-hydrogen) atoms. The van der Waals surface area contributed by atoms with Gasteiger partial charge in [0.05, 0.1) is 22.8 Å². The molecule has 7 nitrogen and oxygen atoms in total. The van der Waals surface area contributed by atoms with Crippen LogP contribution in [-0.2, 0) is 14.3 Å². The Bertz CT molecular complexity index is 931. The first-order valence-corrected chi connectivity index (χ1v) is 9.62. The van der Waals surface area contributed by atoms with Crippen molar-refractivity contribution in [1.82, 2.24) is 19.9 Å². The Morgan fingerprint density at radius 2 is 2.00 bits per heavy atom. The van der Waals surface area contributed by atoms with Crippen LogP contribution in [0.3, 0.4) is 0 Å². The first kappa shape index (κ1) is 18.9. The number of pyridine rings is 1. The number of amides is 1. The van der Waals surface area contributed by atoms with Crippen LogP contribution in [0.4, 0.5) is 0 Å². The van der Waals surface area contributed by atoms with Crippen molar-refractivity contribution in [2.24, 2.45) is 11.3 Å². The minimum atomic E-state index is -0.790. The van der Waals surface area contributed by atoms with E-state index in [9.17, 15) is 4.79 Å². The van der Waals surface area contributed by atoms with Crippen molar-refractivity contribution in [3.63, 3.8) is 0 Å². The third-order valence-corrected chi connectivity index (χ3v) is 6.49. The summed E-state index contributed by atoms with van der Waals surface area (Å²) in [6.07, 6.45) is 0.941. The van der Waals surface area contributed by atoms with Gasteiger partial charge in [0.1, 0.15) is 22.9 Å². The van der Waals surface area contributed by atoms with Crippen LogP contribution >= 0.6 is 23.2 Å². The Morgan fingerprint density at radius 3 is 2.67 bits per heavy atom. The number of halogens is 2. The Labute approximate surface area is 167 Å². The molecule has 1 saturated heterocycles. The van der Waals surface area contributed by atoms with Crippen molar-refractivity contribution in [2.75, 3.05) is 7.05 Å². The molecule has 2 aliphatic rings. The Morgan fingerprint density at radius 1 is 1.30 bits per heavy atom. The van der Waals surface area contributed by atoms with Crippen molar-refractivity contribution in [1.29, 1.82) is 0 Å². The molecule has 0 unspecified atom stereocenters. The third kappa shape index (κ3) is 2.59. The van der Waals surface area contributed by atoms with Crippen LogP contribution in [0.2, 0.25) is 10.2 Å². The van der Waals surface area contributed by atoms with Gasteiger partial charge >= 0.3 is 0 Å². The highest BCUT2D eigenvalue weighted by Crippen LogP contribution is 2.57. The number of hydrogen-bond donors (Lipinski definition) is 1. The second kappa shape index (κ2) is 6.04. The second-order valence-corrected chi connectivity index (χ2v) is 8.71. The molecule has 0 radical (unpaired) electrons. The summed E-state index contributed by atoms with van der Waals surface area (Å²) >= 11 is 12.4. The average Bonchev–Trinajstić information content (AvgIpc) is 3.19. The number of hydrogen-bond acceptors (Lipinski definition) is 5. The fourth-order valence-corrected chi connectivity index (χ4v) is 5.05. The average molecular weight is 413 g/mol. The topological polar surface area (TPSA) is 78.3 Å². The van der Waals surface area contributed by atoms with Crippen LogP contribution in [0.1, 0.15) is 33.7 Å². The molecule has 9 heteroatoms. The lowest BCUT2D eigenvalue weighted by molar-refractivity contribution is -0.178. The van der Waals surface area contributed by atoms with Crippen LogP contribution in [0.15, 0.2) is 12.4 Å². The van der Waals surface area contributed by atoms with Crippen molar-refractivity contribution in [3.8, 4) is 0 Å². The molecule has 5 atom stereocenters. The zero-order valence-electron chi connectivity index (χ0n) is 15.8. The standard InChI is InChI=1S/C18H22Cl2N4O3/c1-8-12(24-7-22-11-9(19)6-10(20)23-15(11)24)13-14(27-17(2,3)26-13)18(8,4)16(25)21-5/h6-8,12-14H,1-5H3,(H,21,25)/t8-,12-,13+,14+,18+/m1/s1. The maximum Gasteiger partial charge on any atom is 0.228 e. The van der Waals surface area contributed by atoms with E-state index in [0.29, 0.717) is 16.2 Å². The molecule has 1 amide bonds. The molecular formula is C18H22Cl2N4O3. The van der Waals surface area contributed by atoms with Gasteiger partial charge in [-0.05, 0) is 32.8 Å². The second-order valence-electron chi connectivity index (χ2n) is 7.91. The van der Waals surface area contributed by atoms with Crippen molar-refractivity contribution >= 4 is 40.3 Å². The summed E-state index contributed by atoms with van der Waals surface area (Å²) in [4.78, 5) is 21.7. The monoisotopic (exact) mass is 412 g/mol. The minimum absolute atomic E-state index is 0.0813. The first-order valence-electron chi connectivity index (χ1n) is 8.86. The summed E-state index contributed by atoms with van der Waals surface area (Å²) in [5.74, 6) is -0.981. The van der Waals surface area contributed by atoms with E-state index in [0.717, 1.165) is 0 Å². The van der Waals surface area contributed by atoms with Gasteiger partial charge in [-0.15, -0.1) is 0 Å². The largest absolute Gasteiger partial charge is 0.359 e. The van der Waals surface area contributed by atoms with Gasteiger partial charge in [-0.25, -0.2) is 9.97 Å². The summed E-state index contributed by atoms with van der Waals surface area (Å²) < 4.78 is 14.3. The fraction of sp³-hybridized carbons (Fsp3) is 0.611. The summed E-state index contributed by atoms with van der Waals surface area (Å²) in [5.41, 5.74) is 0.352. The highest BCUT2D eigenvalue weighted by Gasteiger charge is 2.66. The minimum Gasteiger partial charge on any atom is -0.359 e. The van der Waals surface area contributed by atoms with Gasteiger partial charge in [0.15, 0.2) is 11.4 Å². The summed E-state index contributed by atoms with van der Waals surface area (Å²) in [7, 11) is 1.64. The van der Waals surface area contributed by atoms with E-state index in [2.05, 4.69) is 15.3 Å². The van der Waals surface area contributed by atoms with Gasteiger partial charge in [-0.3, -0.25) is 4.79 Å². The van der Waals surface area contributed by atoms with E-state index in [-0.39, 0.29) is 29.1 Å². The predicted molar refractivity (Wildman–Crippen MR) is 102 cm³/mol. The van der Waals surface area contributed by atoms with E-state index >= 15 is 0 Å². The lowest BCUT2D eigenvalue weighted by Gasteiger charge is -2.35. The Balaban J connectivity index is 1.89. The summed E-state index contributed by atoms with van der Waals surface area (Å²) in [6.45, 7) is 7.66. The van der Waals surface area contributed by atoms with Gasteiger partial charge in [0.25, 0.3) is 0 Å². The van der Waals surface area contributed by atoms with Crippen molar-refractivity contribution < 1.29 is 14.3 Å². The normalized spacial score (nSPS) is 34.8. The van der Waals surface area contributed by atoms with Crippen LogP contribution in [0.5, 0.6) is 0 Å². The molecule has 0 bridgehead atoms. The van der Waals surface area contributed by atoms with Crippen LogP contribution in [0, 0.1) is 11.3 Å². The van der Waals surface area contributed by atoms with E-state index in [1.807, 2.05) is 32.3 Å². The van der Waals surface area contributed by atoms with Gasteiger partial charge in [-0.1, -0.05) is 30.1 Å². The molecule has 2 aromatic heterocycles. The zero-order valence-corrected chi connectivity index (χ0v) is 17.3. The van der Waals surface area contributed by atoms with Crippen molar-refractivity contribution in [3.05, 3.63) is 22.6 Å². The number of nitrogens with zero attached hydrogens (tertiary/aromatic N) is 3. The molecule has 3 heterocycles. The molecule has 146 valence electrons. The highest BCUT2D eigenvalue weighted by atomic mass is 35.5. The summed E-state index contributed by atoms with van der Waals surface area (Å²) in [5, 5.41) is 3.50. The van der Waals surface area contributed by atoms with E-state index in [1.165, 1.54) is 0 Å². The molecule has 0 spiro atoms. The third-order valence-electron chi connectivity index (χ3n) is 6.00. The summed E-state index contributed by atoms with van der Waals surface area (Å²) in [6, 6.07) is 1.35. The van der Waals surface area contributed by atoms with E-state index < -0.39 is 17.3 Å². The maximum absolute atomic E-state index is 12.9. The smallest absolute Gasteiger partial charge is 0.228 e. The van der Waals surface area contributed by atoms with Crippen molar-refractivity contribution in [2.45, 2.75) is 51.7 Å². The number of ether oxygens (including phenoxy) is 2. The van der Waals surface area contributed by atoms with Crippen LogP contribution < -0.4 is 5.32 Å². The Kier molecular flexibility index (Phi) is 4.24. The quantitative estimate of drug-likeness (QED) is 0.766. The SMILES string of the molecule is CNC(=O)[C@@]1(C)[C@H](C)[C@@H](n2cnc3c(Cl)cc(Cl)nc32)[C@@H]2OC(C)(C)O[C@@H]21. The lowest BCUT2D eigenvalue weighted by atomic mass is 9.77. The maximum atomic E-state index is 12.9. The number of aromatic nitrogens is 3. The van der Waals surface area contributed by atoms with Crippen LogP contribution in [0.25, 0.3) is 11.2 Å². The highest BCUT2D eigenvalue weighted by molar-refractivity contribution is 6.37. The molecule has 4 rings (SSSR count). The number of fused-ring (bicyclic) bond motifs is 2. The number of carbonyl (C=O) groups is 1. The van der Waals surface area contributed by atoms with E-state index in [4.69, 9.17) is 32.7 Å². The lowest BCUT2D eigenvalue weighted by Crippen LogP contribution is -2.48. The Hall–Kier alpha value is -1.41. The van der Waals surface area contributed by atoms with E-state index in [1.54, 1.807) is 19.4 Å². The zero-order chi connectivity index (χ0) is 19.7. The molecule has 1 aliphatic heterocycles. The molecule has 2 aromatic rings. The molecule has 1 aliphatic carbocycles. The number of carbonyl (C=O) groups excluding carboxylic acids is 1.